The summed E-state index contributed by atoms with van der Waals surface area (Å²) in [4.78, 5) is 0. The van der Waals surface area contributed by atoms with Crippen molar-refractivity contribution >= 4 is 0 Å². The molecule has 1 unspecified atom stereocenters. The van der Waals surface area contributed by atoms with E-state index in [2.05, 4.69) is 31.4 Å². The van der Waals surface area contributed by atoms with Crippen LogP contribution in [0.2, 0.25) is 0 Å². The summed E-state index contributed by atoms with van der Waals surface area (Å²) in [6, 6.07) is 5.18. The molecule has 2 N–H and O–H groups in total. The molecule has 0 heterocycles. The van der Waals surface area contributed by atoms with Gasteiger partial charge in [0, 0.05) is 24.7 Å². The SMILES string of the molecule is COc1ccc(C(C)NCCNC(C)(C)C)cc1F. The highest BCUT2D eigenvalue weighted by molar-refractivity contribution is 5.30. The van der Waals surface area contributed by atoms with E-state index in [9.17, 15) is 4.39 Å². The van der Waals surface area contributed by atoms with Crippen molar-refractivity contribution in [2.45, 2.75) is 39.3 Å². The van der Waals surface area contributed by atoms with Gasteiger partial charge in [0.15, 0.2) is 11.6 Å². The molecule has 0 aromatic heterocycles. The van der Waals surface area contributed by atoms with Crippen LogP contribution < -0.4 is 15.4 Å². The summed E-state index contributed by atoms with van der Waals surface area (Å²) in [6.07, 6.45) is 0. The first-order valence-corrected chi connectivity index (χ1v) is 6.65. The minimum absolute atomic E-state index is 0.113. The standard InChI is InChI=1S/C15H25FN2O/c1-11(17-8-9-18-15(2,3)4)12-6-7-14(19-5)13(16)10-12/h6-7,10-11,17-18H,8-9H2,1-5H3. The Morgan fingerprint density at radius 2 is 1.95 bits per heavy atom. The Labute approximate surface area is 115 Å². The topological polar surface area (TPSA) is 33.3 Å². The van der Waals surface area contributed by atoms with Crippen LogP contribution >= 0.6 is 0 Å². The maximum Gasteiger partial charge on any atom is 0.165 e. The fourth-order valence-corrected chi connectivity index (χ4v) is 1.80. The molecule has 0 spiro atoms. The Hall–Kier alpha value is -1.13. The largest absolute Gasteiger partial charge is 0.494 e. The van der Waals surface area contributed by atoms with E-state index in [1.807, 2.05) is 13.0 Å². The van der Waals surface area contributed by atoms with Gasteiger partial charge in [0.05, 0.1) is 7.11 Å². The molecule has 0 fully saturated rings. The summed E-state index contributed by atoms with van der Waals surface area (Å²) in [7, 11) is 1.47. The van der Waals surface area contributed by atoms with E-state index in [4.69, 9.17) is 4.74 Å². The Morgan fingerprint density at radius 1 is 1.26 bits per heavy atom. The summed E-state index contributed by atoms with van der Waals surface area (Å²) in [5.74, 6) is -0.0354. The fourth-order valence-electron chi connectivity index (χ4n) is 1.80. The lowest BCUT2D eigenvalue weighted by Gasteiger charge is -2.22. The molecular weight excluding hydrogens is 243 g/mol. The lowest BCUT2D eigenvalue weighted by molar-refractivity contribution is 0.385. The van der Waals surface area contributed by atoms with Crippen LogP contribution in [0.4, 0.5) is 4.39 Å². The Bertz CT molecular complexity index is 402. The third-order valence-electron chi connectivity index (χ3n) is 2.91. The van der Waals surface area contributed by atoms with Gasteiger partial charge in [-0.15, -0.1) is 0 Å². The molecule has 3 nitrogen and oxygen atoms in total. The van der Waals surface area contributed by atoms with Gasteiger partial charge in [-0.3, -0.25) is 0 Å². The maximum absolute atomic E-state index is 13.6. The average molecular weight is 268 g/mol. The van der Waals surface area contributed by atoms with Crippen LogP contribution in [0.1, 0.15) is 39.3 Å². The van der Waals surface area contributed by atoms with E-state index < -0.39 is 0 Å². The van der Waals surface area contributed by atoms with E-state index in [0.29, 0.717) is 0 Å². The third kappa shape index (κ3) is 5.57. The molecule has 0 aliphatic rings. The highest BCUT2D eigenvalue weighted by atomic mass is 19.1. The van der Waals surface area contributed by atoms with Gasteiger partial charge in [-0.2, -0.15) is 0 Å². The number of benzene rings is 1. The van der Waals surface area contributed by atoms with Crippen LogP contribution in [0, 0.1) is 5.82 Å². The third-order valence-corrected chi connectivity index (χ3v) is 2.91. The van der Waals surface area contributed by atoms with Crippen molar-refractivity contribution in [1.82, 2.24) is 10.6 Å². The van der Waals surface area contributed by atoms with Crippen molar-refractivity contribution in [2.75, 3.05) is 20.2 Å². The van der Waals surface area contributed by atoms with Gasteiger partial charge in [0.25, 0.3) is 0 Å². The van der Waals surface area contributed by atoms with E-state index in [-0.39, 0.29) is 23.1 Å². The van der Waals surface area contributed by atoms with Gasteiger partial charge in [-0.05, 0) is 45.4 Å². The number of methoxy groups -OCH3 is 1. The quantitative estimate of drug-likeness (QED) is 0.778. The van der Waals surface area contributed by atoms with E-state index in [1.54, 1.807) is 6.07 Å². The van der Waals surface area contributed by atoms with Crippen molar-refractivity contribution in [1.29, 1.82) is 0 Å². The molecule has 0 amide bonds. The van der Waals surface area contributed by atoms with Crippen molar-refractivity contribution in [3.8, 4) is 5.75 Å². The highest BCUT2D eigenvalue weighted by Crippen LogP contribution is 2.21. The second kappa shape index (κ2) is 6.87. The molecule has 108 valence electrons. The van der Waals surface area contributed by atoms with Gasteiger partial charge in [0.2, 0.25) is 0 Å². The number of nitrogens with one attached hydrogen (secondary N) is 2. The smallest absolute Gasteiger partial charge is 0.165 e. The number of hydrogen-bond donors (Lipinski definition) is 2. The molecule has 4 heteroatoms. The Balaban J connectivity index is 2.45. The summed E-state index contributed by atoms with van der Waals surface area (Å²) >= 11 is 0. The predicted molar refractivity (Wildman–Crippen MR) is 77.1 cm³/mol. The van der Waals surface area contributed by atoms with E-state index in [1.165, 1.54) is 13.2 Å². The van der Waals surface area contributed by atoms with Crippen LogP contribution in [-0.2, 0) is 0 Å². The van der Waals surface area contributed by atoms with Gasteiger partial charge in [-0.1, -0.05) is 6.07 Å². The van der Waals surface area contributed by atoms with Crippen LogP contribution in [0.15, 0.2) is 18.2 Å². The number of ether oxygens (including phenoxy) is 1. The summed E-state index contributed by atoms with van der Waals surface area (Å²) in [5.41, 5.74) is 1.05. The Morgan fingerprint density at radius 3 is 2.47 bits per heavy atom. The Kier molecular flexibility index (Phi) is 5.76. The van der Waals surface area contributed by atoms with Gasteiger partial charge < -0.3 is 15.4 Å². The zero-order valence-electron chi connectivity index (χ0n) is 12.5. The van der Waals surface area contributed by atoms with Crippen molar-refractivity contribution in [3.05, 3.63) is 29.6 Å². The van der Waals surface area contributed by atoms with Crippen molar-refractivity contribution in [2.24, 2.45) is 0 Å². The molecule has 1 rings (SSSR count). The molecule has 1 aromatic carbocycles. The van der Waals surface area contributed by atoms with E-state index >= 15 is 0 Å². The zero-order chi connectivity index (χ0) is 14.5. The number of rotatable bonds is 6. The van der Waals surface area contributed by atoms with E-state index in [0.717, 1.165) is 18.7 Å². The lowest BCUT2D eigenvalue weighted by Crippen LogP contribution is -2.40. The number of halogens is 1. The molecule has 0 radical (unpaired) electrons. The van der Waals surface area contributed by atoms with Crippen LogP contribution in [0.3, 0.4) is 0 Å². The molecule has 0 saturated carbocycles. The first-order chi connectivity index (χ1) is 8.83. The second-order valence-electron chi connectivity index (χ2n) is 5.75. The fraction of sp³-hybridized carbons (Fsp3) is 0.600. The van der Waals surface area contributed by atoms with Gasteiger partial charge >= 0.3 is 0 Å². The molecule has 0 saturated heterocycles. The first kappa shape index (κ1) is 15.9. The van der Waals surface area contributed by atoms with Crippen LogP contribution in [0.5, 0.6) is 5.75 Å². The zero-order valence-corrected chi connectivity index (χ0v) is 12.5. The maximum atomic E-state index is 13.6. The van der Waals surface area contributed by atoms with Crippen LogP contribution in [-0.4, -0.2) is 25.7 Å². The molecular formula is C15H25FN2O. The molecule has 0 aliphatic heterocycles. The molecule has 1 atom stereocenters. The molecule has 1 aromatic rings. The average Bonchev–Trinajstić information content (AvgIpc) is 2.33. The second-order valence-corrected chi connectivity index (χ2v) is 5.75. The van der Waals surface area contributed by atoms with Crippen LogP contribution in [0.25, 0.3) is 0 Å². The number of hydrogen-bond acceptors (Lipinski definition) is 3. The van der Waals surface area contributed by atoms with Crippen molar-refractivity contribution < 1.29 is 9.13 Å². The summed E-state index contributed by atoms with van der Waals surface area (Å²) < 4.78 is 18.5. The predicted octanol–water partition coefficient (Wildman–Crippen LogP) is 2.87. The normalized spacial score (nSPS) is 13.4. The summed E-state index contributed by atoms with van der Waals surface area (Å²) in [6.45, 7) is 10.1. The summed E-state index contributed by atoms with van der Waals surface area (Å²) in [5, 5.41) is 6.77. The monoisotopic (exact) mass is 268 g/mol. The van der Waals surface area contributed by atoms with Gasteiger partial charge in [-0.25, -0.2) is 4.39 Å². The van der Waals surface area contributed by atoms with Crippen molar-refractivity contribution in [3.63, 3.8) is 0 Å². The minimum Gasteiger partial charge on any atom is -0.494 e. The molecule has 19 heavy (non-hydrogen) atoms. The molecule has 0 bridgehead atoms. The minimum atomic E-state index is -0.318. The highest BCUT2D eigenvalue weighted by Gasteiger charge is 2.10. The van der Waals surface area contributed by atoms with Gasteiger partial charge in [0.1, 0.15) is 0 Å². The first-order valence-electron chi connectivity index (χ1n) is 6.65. The molecule has 0 aliphatic carbocycles. The lowest BCUT2D eigenvalue weighted by atomic mass is 10.1.